The smallest absolute Gasteiger partial charge is 0.262 e. The van der Waals surface area contributed by atoms with Crippen molar-refractivity contribution in [3.05, 3.63) is 0 Å². The molecule has 0 unspecified atom stereocenters. The Bertz CT molecular complexity index is 122. The second kappa shape index (κ2) is 5.52. The molecule has 0 aliphatic carbocycles. The molecule has 0 aromatic carbocycles. The van der Waals surface area contributed by atoms with Crippen molar-refractivity contribution in [2.45, 2.75) is 13.8 Å². The highest BCUT2D eigenvalue weighted by Crippen LogP contribution is 2.57. The minimum Gasteiger partial charge on any atom is -0.321 e. The highest BCUT2D eigenvalue weighted by atomic mass is 32.9. The van der Waals surface area contributed by atoms with Crippen LogP contribution >= 0.6 is 17.3 Å². The lowest BCUT2D eigenvalue weighted by Gasteiger charge is -2.16. The zero-order valence-electron chi connectivity index (χ0n) is 6.07. The van der Waals surface area contributed by atoms with Crippen LogP contribution in [0.15, 0.2) is 0 Å². The molecule has 0 aromatic heterocycles. The second-order valence-electron chi connectivity index (χ2n) is 1.39. The van der Waals surface area contributed by atoms with Crippen molar-refractivity contribution in [2.75, 3.05) is 13.2 Å². The maximum absolute atomic E-state index is 5.29. The molecule has 0 aliphatic rings. The fraction of sp³-hybridized carbons (Fsp3) is 1.00. The van der Waals surface area contributed by atoms with Crippen LogP contribution in [0.2, 0.25) is 0 Å². The van der Waals surface area contributed by atoms with E-state index < -0.39 is 5.69 Å². The van der Waals surface area contributed by atoms with Gasteiger partial charge in [0.1, 0.15) is 0 Å². The molecule has 0 atom stereocenters. The molecule has 0 fully saturated rings. The van der Waals surface area contributed by atoms with Gasteiger partial charge in [-0.1, -0.05) is 0 Å². The first-order valence-corrected chi connectivity index (χ1v) is 7.08. The van der Waals surface area contributed by atoms with Gasteiger partial charge >= 0.3 is 0 Å². The molecule has 10 heavy (non-hydrogen) atoms. The van der Waals surface area contributed by atoms with E-state index in [1.807, 2.05) is 13.8 Å². The number of hydrogen-bond donors (Lipinski definition) is 1. The van der Waals surface area contributed by atoms with Crippen molar-refractivity contribution >= 4 is 29.1 Å². The van der Waals surface area contributed by atoms with E-state index in [1.165, 1.54) is 0 Å². The van der Waals surface area contributed by atoms with Gasteiger partial charge < -0.3 is 9.05 Å². The van der Waals surface area contributed by atoms with Gasteiger partial charge in [0.15, 0.2) is 0 Å². The molecule has 0 spiro atoms. The lowest BCUT2D eigenvalue weighted by atomic mass is 10.9. The molecule has 0 aromatic rings. The molecule has 0 radical (unpaired) electrons. The van der Waals surface area contributed by atoms with Gasteiger partial charge in [-0.25, -0.2) is 0 Å². The van der Waals surface area contributed by atoms with Gasteiger partial charge in [0, 0.05) is 11.6 Å². The SMILES string of the molecule is CCOP(=S)(OCC)SN. The van der Waals surface area contributed by atoms with E-state index in [0.717, 1.165) is 11.6 Å². The summed E-state index contributed by atoms with van der Waals surface area (Å²) in [6.07, 6.45) is 0. The van der Waals surface area contributed by atoms with E-state index in [4.69, 9.17) is 26.0 Å². The predicted molar refractivity (Wildman–Crippen MR) is 49.3 cm³/mol. The fourth-order valence-corrected chi connectivity index (χ4v) is 2.87. The van der Waals surface area contributed by atoms with Crippen LogP contribution in [0.25, 0.3) is 0 Å². The molecule has 62 valence electrons. The summed E-state index contributed by atoms with van der Waals surface area (Å²) < 4.78 is 10.3. The molecule has 3 nitrogen and oxygen atoms in total. The number of nitrogens with two attached hydrogens (primary N) is 1. The fourth-order valence-electron chi connectivity index (χ4n) is 0.414. The molecular formula is C4H12NO2PS2. The van der Waals surface area contributed by atoms with Gasteiger partial charge in [0.2, 0.25) is 0 Å². The largest absolute Gasteiger partial charge is 0.321 e. The van der Waals surface area contributed by atoms with Crippen molar-refractivity contribution in [1.82, 2.24) is 0 Å². The normalized spacial score (nSPS) is 11.9. The second-order valence-corrected chi connectivity index (χ2v) is 7.22. The third kappa shape index (κ3) is 3.91. The summed E-state index contributed by atoms with van der Waals surface area (Å²) in [7, 11) is 0. The van der Waals surface area contributed by atoms with Crippen LogP contribution in [-0.2, 0) is 20.9 Å². The van der Waals surface area contributed by atoms with Crippen LogP contribution in [-0.4, -0.2) is 13.2 Å². The van der Waals surface area contributed by atoms with Crippen LogP contribution in [0.1, 0.15) is 13.8 Å². The van der Waals surface area contributed by atoms with Crippen LogP contribution < -0.4 is 5.14 Å². The molecule has 0 heterocycles. The maximum atomic E-state index is 5.29. The zero-order valence-corrected chi connectivity index (χ0v) is 8.60. The van der Waals surface area contributed by atoms with E-state index in [0.29, 0.717) is 13.2 Å². The average molecular weight is 201 g/mol. The molecule has 0 rings (SSSR count). The molecule has 0 aliphatic heterocycles. The van der Waals surface area contributed by atoms with Crippen LogP contribution in [0.4, 0.5) is 0 Å². The van der Waals surface area contributed by atoms with Gasteiger partial charge in [0.05, 0.1) is 13.2 Å². The molecular weight excluding hydrogens is 189 g/mol. The zero-order chi connectivity index (χ0) is 8.04. The van der Waals surface area contributed by atoms with Crippen molar-refractivity contribution in [3.8, 4) is 0 Å². The molecule has 0 amide bonds. The summed E-state index contributed by atoms with van der Waals surface area (Å²) in [6.45, 7) is 4.86. The quantitative estimate of drug-likeness (QED) is 0.543. The highest BCUT2D eigenvalue weighted by molar-refractivity contribution is 8.67. The Morgan fingerprint density at radius 3 is 2.00 bits per heavy atom. The van der Waals surface area contributed by atoms with Crippen LogP contribution in [0.3, 0.4) is 0 Å². The first kappa shape index (κ1) is 10.9. The van der Waals surface area contributed by atoms with Crippen LogP contribution in [0.5, 0.6) is 0 Å². The number of hydrogen-bond acceptors (Lipinski definition) is 5. The van der Waals surface area contributed by atoms with Crippen molar-refractivity contribution in [3.63, 3.8) is 0 Å². The van der Waals surface area contributed by atoms with Crippen molar-refractivity contribution < 1.29 is 9.05 Å². The van der Waals surface area contributed by atoms with E-state index in [-0.39, 0.29) is 0 Å². The standard InChI is InChI=1S/C4H12NO2PS2/c1-3-6-8(9,10-5)7-4-2/h3-5H2,1-2H3. The Kier molecular flexibility index (Phi) is 6.01. The monoisotopic (exact) mass is 201 g/mol. The third-order valence-corrected chi connectivity index (χ3v) is 4.92. The van der Waals surface area contributed by atoms with Gasteiger partial charge in [0.25, 0.3) is 5.69 Å². The van der Waals surface area contributed by atoms with Gasteiger partial charge in [-0.05, 0) is 25.7 Å². The summed E-state index contributed by atoms with van der Waals surface area (Å²) in [5, 5.41) is 5.29. The minimum atomic E-state index is -2.17. The Balaban J connectivity index is 3.83. The van der Waals surface area contributed by atoms with Gasteiger partial charge in [-0.3, -0.25) is 5.14 Å². The van der Waals surface area contributed by atoms with Gasteiger partial charge in [-0.15, -0.1) is 0 Å². The van der Waals surface area contributed by atoms with E-state index >= 15 is 0 Å². The Morgan fingerprint density at radius 2 is 1.80 bits per heavy atom. The summed E-state index contributed by atoms with van der Waals surface area (Å²) in [4.78, 5) is 0. The molecule has 0 saturated carbocycles. The summed E-state index contributed by atoms with van der Waals surface area (Å²) in [6, 6.07) is 0. The third-order valence-electron chi connectivity index (χ3n) is 0.704. The average Bonchev–Trinajstić information content (AvgIpc) is 1.89. The first-order chi connectivity index (χ1) is 4.68. The van der Waals surface area contributed by atoms with E-state index in [9.17, 15) is 0 Å². The summed E-state index contributed by atoms with van der Waals surface area (Å²) >= 11 is 6.01. The minimum absolute atomic E-state index is 0.557. The lowest BCUT2D eigenvalue weighted by Crippen LogP contribution is -1.94. The van der Waals surface area contributed by atoms with Crippen molar-refractivity contribution in [1.29, 1.82) is 0 Å². The summed E-state index contributed by atoms with van der Waals surface area (Å²) in [5.41, 5.74) is -2.17. The Labute approximate surface area is 70.7 Å². The molecule has 6 heteroatoms. The van der Waals surface area contributed by atoms with Crippen molar-refractivity contribution in [2.24, 2.45) is 5.14 Å². The predicted octanol–water partition coefficient (Wildman–Crippen LogP) is 1.89. The molecule has 0 saturated heterocycles. The highest BCUT2D eigenvalue weighted by Gasteiger charge is 2.15. The Morgan fingerprint density at radius 1 is 1.40 bits per heavy atom. The lowest BCUT2D eigenvalue weighted by molar-refractivity contribution is 0.280. The maximum Gasteiger partial charge on any atom is 0.262 e. The van der Waals surface area contributed by atoms with Gasteiger partial charge in [-0.2, -0.15) is 0 Å². The molecule has 2 N–H and O–H groups in total. The first-order valence-electron chi connectivity index (χ1n) is 2.96. The number of rotatable bonds is 5. The van der Waals surface area contributed by atoms with E-state index in [2.05, 4.69) is 0 Å². The summed E-state index contributed by atoms with van der Waals surface area (Å²) in [5.74, 6) is 0. The Hall–Kier alpha value is 0.880. The molecule has 0 bridgehead atoms. The van der Waals surface area contributed by atoms with E-state index in [1.54, 1.807) is 0 Å². The van der Waals surface area contributed by atoms with Crippen LogP contribution in [0, 0.1) is 0 Å². The topological polar surface area (TPSA) is 44.5 Å².